The van der Waals surface area contributed by atoms with E-state index in [1.54, 1.807) is 12.3 Å². The number of nitrogens with one attached hydrogen (secondary N) is 1. The lowest BCUT2D eigenvalue weighted by Crippen LogP contribution is -2.36. The predicted octanol–water partition coefficient (Wildman–Crippen LogP) is 4.24. The number of aliphatic hydroxyl groups is 1. The lowest BCUT2D eigenvalue weighted by atomic mass is 10.1. The van der Waals surface area contributed by atoms with Crippen LogP contribution in [0.4, 0.5) is 26.2 Å². The van der Waals surface area contributed by atoms with Gasteiger partial charge in [-0.15, -0.1) is 0 Å². The summed E-state index contributed by atoms with van der Waals surface area (Å²) in [6, 6.07) is 6.79. The zero-order valence-electron chi connectivity index (χ0n) is 20.7. The monoisotopic (exact) mass is 497 g/mol. The van der Waals surface area contributed by atoms with Gasteiger partial charge in [0.15, 0.2) is 11.6 Å². The molecule has 3 aromatic heterocycles. The van der Waals surface area contributed by atoms with Gasteiger partial charge < -0.3 is 24.6 Å². The average Bonchev–Trinajstić information content (AvgIpc) is 3.24. The fraction of sp³-hybridized carbons (Fsp3) is 0.360. The number of benzene rings is 1. The molecule has 1 saturated heterocycles. The number of aliphatic hydroxyl groups excluding tert-OH is 1. The van der Waals surface area contributed by atoms with E-state index in [-0.39, 0.29) is 23.2 Å². The van der Waals surface area contributed by atoms with Crippen molar-refractivity contribution in [2.45, 2.75) is 26.8 Å². The van der Waals surface area contributed by atoms with Gasteiger partial charge in [0.1, 0.15) is 22.9 Å². The fourth-order valence-electron chi connectivity index (χ4n) is 4.27. The van der Waals surface area contributed by atoms with Crippen molar-refractivity contribution in [1.82, 2.24) is 24.5 Å². The van der Waals surface area contributed by atoms with E-state index in [2.05, 4.69) is 30.2 Å². The first-order valence-corrected chi connectivity index (χ1v) is 11.6. The van der Waals surface area contributed by atoms with Crippen LogP contribution in [0.1, 0.15) is 25.7 Å². The largest absolute Gasteiger partial charge is 0.400 e. The zero-order valence-corrected chi connectivity index (χ0v) is 20.7. The van der Waals surface area contributed by atoms with Crippen LogP contribution in [0.5, 0.6) is 0 Å². The summed E-state index contributed by atoms with van der Waals surface area (Å²) in [6.07, 6.45) is 2.83. The molecule has 36 heavy (non-hydrogen) atoms. The molecule has 0 aliphatic carbocycles. The third kappa shape index (κ3) is 5.12. The third-order valence-electron chi connectivity index (χ3n) is 5.82. The first kappa shape index (κ1) is 25.4. The van der Waals surface area contributed by atoms with Crippen molar-refractivity contribution in [3.8, 4) is 11.3 Å². The van der Waals surface area contributed by atoms with Crippen LogP contribution < -0.4 is 10.2 Å². The first-order chi connectivity index (χ1) is 17.4. The molecule has 0 radical (unpaired) electrons. The topological polar surface area (TPSA) is 101 Å². The second kappa shape index (κ2) is 10.9. The lowest BCUT2D eigenvalue weighted by molar-refractivity contribution is 0.122. The van der Waals surface area contributed by atoms with Gasteiger partial charge in [-0.05, 0) is 45.0 Å². The number of pyridine rings is 1. The molecule has 1 aliphatic rings. The van der Waals surface area contributed by atoms with Crippen LogP contribution in [0, 0.1) is 18.6 Å². The number of rotatable bonds is 5. The average molecular weight is 498 g/mol. The summed E-state index contributed by atoms with van der Waals surface area (Å²) in [7, 11) is 1.00. The molecule has 0 spiro atoms. The Kier molecular flexibility index (Phi) is 7.70. The maximum atomic E-state index is 14.9. The van der Waals surface area contributed by atoms with E-state index in [1.807, 2.05) is 37.5 Å². The number of morpholine rings is 1. The number of aromatic nitrogens is 5. The molecule has 190 valence electrons. The minimum Gasteiger partial charge on any atom is -0.400 e. The Morgan fingerprint density at radius 3 is 2.42 bits per heavy atom. The number of fused-ring (bicyclic) bond motifs is 1. The second-order valence-electron chi connectivity index (χ2n) is 8.46. The molecule has 0 atom stereocenters. The van der Waals surface area contributed by atoms with Gasteiger partial charge in [-0.25, -0.2) is 28.7 Å². The minimum atomic E-state index is -0.646. The van der Waals surface area contributed by atoms with E-state index in [1.165, 1.54) is 6.07 Å². The zero-order chi connectivity index (χ0) is 25.8. The summed E-state index contributed by atoms with van der Waals surface area (Å²) in [4.78, 5) is 19.3. The van der Waals surface area contributed by atoms with Crippen molar-refractivity contribution in [3.63, 3.8) is 0 Å². The maximum absolute atomic E-state index is 14.9. The SMILES string of the molecule is CO.Cc1nc2c(F)cc(-c3nc(Nc4ccc(N5CCOCC5)cn4)ncc3F)cc2n1C(C)C. The Bertz CT molecular complexity index is 1340. The van der Waals surface area contributed by atoms with E-state index in [9.17, 15) is 8.78 Å². The number of hydrogen-bond acceptors (Lipinski definition) is 8. The van der Waals surface area contributed by atoms with Gasteiger partial charge in [-0.1, -0.05) is 0 Å². The highest BCUT2D eigenvalue weighted by Crippen LogP contribution is 2.30. The molecule has 5 rings (SSSR count). The second-order valence-corrected chi connectivity index (χ2v) is 8.46. The fourth-order valence-corrected chi connectivity index (χ4v) is 4.27. The Hall–Kier alpha value is -3.70. The van der Waals surface area contributed by atoms with Gasteiger partial charge in [-0.2, -0.15) is 0 Å². The molecule has 0 saturated carbocycles. The molecular weight excluding hydrogens is 468 g/mol. The van der Waals surface area contributed by atoms with Gasteiger partial charge in [0.05, 0.1) is 36.8 Å². The Balaban J connectivity index is 0.00000148. The molecule has 4 aromatic rings. The third-order valence-corrected chi connectivity index (χ3v) is 5.82. The van der Waals surface area contributed by atoms with Crippen LogP contribution in [0.3, 0.4) is 0 Å². The van der Waals surface area contributed by atoms with Crippen LogP contribution in [-0.4, -0.2) is 63.0 Å². The molecule has 2 N–H and O–H groups in total. The number of anilines is 3. The normalized spacial score (nSPS) is 13.6. The van der Waals surface area contributed by atoms with Gasteiger partial charge in [0.2, 0.25) is 5.95 Å². The highest BCUT2D eigenvalue weighted by Gasteiger charge is 2.18. The van der Waals surface area contributed by atoms with Crippen molar-refractivity contribution in [2.75, 3.05) is 43.6 Å². The van der Waals surface area contributed by atoms with E-state index in [0.717, 1.165) is 32.1 Å². The smallest absolute Gasteiger partial charge is 0.229 e. The number of halogens is 2. The van der Waals surface area contributed by atoms with Gasteiger partial charge in [0, 0.05) is 31.8 Å². The highest BCUT2D eigenvalue weighted by atomic mass is 19.1. The number of aryl methyl sites for hydroxylation is 1. The van der Waals surface area contributed by atoms with Gasteiger partial charge in [-0.3, -0.25) is 0 Å². The van der Waals surface area contributed by atoms with Crippen molar-refractivity contribution in [3.05, 3.63) is 54.1 Å². The van der Waals surface area contributed by atoms with Gasteiger partial charge >= 0.3 is 0 Å². The Morgan fingerprint density at radius 2 is 1.75 bits per heavy atom. The Labute approximate surface area is 207 Å². The quantitative estimate of drug-likeness (QED) is 0.422. The molecule has 1 aromatic carbocycles. The number of hydrogen-bond donors (Lipinski definition) is 2. The van der Waals surface area contributed by atoms with Crippen molar-refractivity contribution in [2.24, 2.45) is 0 Å². The molecule has 0 amide bonds. The van der Waals surface area contributed by atoms with E-state index in [0.29, 0.717) is 35.9 Å². The summed E-state index contributed by atoms with van der Waals surface area (Å²) in [5.41, 5.74) is 2.15. The first-order valence-electron chi connectivity index (χ1n) is 11.6. The van der Waals surface area contributed by atoms with Crippen LogP contribution in [0.2, 0.25) is 0 Å². The molecule has 9 nitrogen and oxygen atoms in total. The Morgan fingerprint density at radius 1 is 1.00 bits per heavy atom. The molecule has 4 heterocycles. The molecular formula is C25H29F2N7O2. The molecule has 11 heteroatoms. The summed E-state index contributed by atoms with van der Waals surface area (Å²) in [6.45, 7) is 8.81. The standard InChI is InChI=1S/C24H25F2N7O.CH4O/c1-14(2)33-15(3)29-23-18(25)10-16(11-20(23)33)22-19(26)13-28-24(31-22)30-21-5-4-17(12-27-21)32-6-8-34-9-7-32;1-2/h4-5,10-14H,6-9H2,1-3H3,(H,27,28,30,31);2H,1H3. The predicted molar refractivity (Wildman–Crippen MR) is 134 cm³/mol. The maximum Gasteiger partial charge on any atom is 0.229 e. The molecule has 1 fully saturated rings. The highest BCUT2D eigenvalue weighted by molar-refractivity contribution is 5.83. The van der Waals surface area contributed by atoms with Crippen LogP contribution >= 0.6 is 0 Å². The summed E-state index contributed by atoms with van der Waals surface area (Å²) < 4.78 is 36.9. The molecule has 0 bridgehead atoms. The summed E-state index contributed by atoms with van der Waals surface area (Å²) in [5.74, 6) is 0.204. The van der Waals surface area contributed by atoms with Crippen LogP contribution in [0.25, 0.3) is 22.3 Å². The minimum absolute atomic E-state index is 0.00241. The number of imidazole rings is 1. The van der Waals surface area contributed by atoms with E-state index in [4.69, 9.17) is 9.84 Å². The van der Waals surface area contributed by atoms with Crippen molar-refractivity contribution >= 4 is 28.5 Å². The number of ether oxygens (including phenoxy) is 1. The molecule has 1 aliphatic heterocycles. The molecule has 0 unspecified atom stereocenters. The van der Waals surface area contributed by atoms with E-state index >= 15 is 0 Å². The van der Waals surface area contributed by atoms with Crippen molar-refractivity contribution in [1.29, 1.82) is 0 Å². The van der Waals surface area contributed by atoms with E-state index < -0.39 is 11.6 Å². The van der Waals surface area contributed by atoms with Crippen LogP contribution in [-0.2, 0) is 4.74 Å². The van der Waals surface area contributed by atoms with Gasteiger partial charge in [0.25, 0.3) is 0 Å². The summed E-state index contributed by atoms with van der Waals surface area (Å²) in [5, 5.41) is 10.0. The van der Waals surface area contributed by atoms with Crippen LogP contribution in [0.15, 0.2) is 36.7 Å². The summed E-state index contributed by atoms with van der Waals surface area (Å²) >= 11 is 0. The number of nitrogens with zero attached hydrogens (tertiary/aromatic N) is 6. The van der Waals surface area contributed by atoms with Crippen molar-refractivity contribution < 1.29 is 18.6 Å². The lowest BCUT2D eigenvalue weighted by Gasteiger charge is -2.28.